The summed E-state index contributed by atoms with van der Waals surface area (Å²) in [6.45, 7) is 4.11. The maximum Gasteiger partial charge on any atom is 0.336 e. The van der Waals surface area contributed by atoms with Crippen LogP contribution in [-0.4, -0.2) is 44.2 Å². The molecule has 1 saturated heterocycles. The van der Waals surface area contributed by atoms with E-state index in [-0.39, 0.29) is 18.1 Å². The lowest BCUT2D eigenvalue weighted by Gasteiger charge is -2.32. The van der Waals surface area contributed by atoms with Crippen LogP contribution in [0.4, 0.5) is 0 Å². The van der Waals surface area contributed by atoms with Crippen LogP contribution < -0.4 is 10.4 Å². The molecule has 1 unspecified atom stereocenters. The van der Waals surface area contributed by atoms with Crippen LogP contribution in [0.2, 0.25) is 0 Å². The number of hydrogen-bond acceptors (Lipinski definition) is 5. The Hall–Kier alpha value is -2.34. The van der Waals surface area contributed by atoms with Crippen molar-refractivity contribution in [3.8, 4) is 5.75 Å². The van der Waals surface area contributed by atoms with E-state index in [1.807, 2.05) is 17.9 Å². The predicted molar refractivity (Wildman–Crippen MR) is 98.5 cm³/mol. The standard InChI is InChI=1S/C20H25NO5/c1-3-15-9-20(23)26-18-10-16(6-7-17(15)18)25-13-19(22)21-8-4-5-14(11-21)12-24-2/h6-7,9-10,14H,3-5,8,11-13H2,1-2H3. The van der Waals surface area contributed by atoms with E-state index in [9.17, 15) is 9.59 Å². The Morgan fingerprint density at radius 2 is 2.19 bits per heavy atom. The number of piperidine rings is 1. The molecule has 0 N–H and O–H groups in total. The zero-order valence-corrected chi connectivity index (χ0v) is 15.3. The number of hydrogen-bond donors (Lipinski definition) is 0. The lowest BCUT2D eigenvalue weighted by molar-refractivity contribution is -0.135. The lowest BCUT2D eigenvalue weighted by Crippen LogP contribution is -2.43. The molecule has 26 heavy (non-hydrogen) atoms. The van der Waals surface area contributed by atoms with E-state index in [2.05, 4.69) is 0 Å². The number of fused-ring (bicyclic) bond motifs is 1. The normalized spacial score (nSPS) is 17.5. The third-order valence-corrected chi connectivity index (χ3v) is 4.82. The molecule has 0 spiro atoms. The van der Waals surface area contributed by atoms with E-state index >= 15 is 0 Å². The molecule has 2 aromatic rings. The van der Waals surface area contributed by atoms with Gasteiger partial charge in [-0.3, -0.25) is 4.79 Å². The fourth-order valence-electron chi connectivity index (χ4n) is 3.49. The summed E-state index contributed by atoms with van der Waals surface area (Å²) >= 11 is 0. The quantitative estimate of drug-likeness (QED) is 0.742. The summed E-state index contributed by atoms with van der Waals surface area (Å²) in [5, 5.41) is 0.893. The minimum Gasteiger partial charge on any atom is -0.484 e. The van der Waals surface area contributed by atoms with Crippen LogP contribution in [-0.2, 0) is 16.0 Å². The number of amides is 1. The molecule has 0 radical (unpaired) electrons. The minimum absolute atomic E-state index is 0.0249. The number of carbonyl (C=O) groups is 1. The summed E-state index contributed by atoms with van der Waals surface area (Å²) in [4.78, 5) is 25.9. The predicted octanol–water partition coefficient (Wildman–Crippen LogP) is 2.62. The van der Waals surface area contributed by atoms with Gasteiger partial charge in [-0.05, 0) is 42.9 Å². The fraction of sp³-hybridized carbons (Fsp3) is 0.500. The molecular formula is C20H25NO5. The third kappa shape index (κ3) is 4.25. The molecule has 1 aliphatic rings. The monoisotopic (exact) mass is 359 g/mol. The van der Waals surface area contributed by atoms with Crippen molar-refractivity contribution in [3.05, 3.63) is 40.2 Å². The van der Waals surface area contributed by atoms with Gasteiger partial charge in [-0.1, -0.05) is 6.92 Å². The molecule has 0 bridgehead atoms. The highest BCUT2D eigenvalue weighted by atomic mass is 16.5. The number of aryl methyl sites for hydroxylation is 1. The zero-order chi connectivity index (χ0) is 18.5. The summed E-state index contributed by atoms with van der Waals surface area (Å²) < 4.78 is 16.1. The van der Waals surface area contributed by atoms with Gasteiger partial charge in [0.25, 0.3) is 5.91 Å². The van der Waals surface area contributed by atoms with E-state index in [4.69, 9.17) is 13.9 Å². The van der Waals surface area contributed by atoms with Crippen LogP contribution in [0.3, 0.4) is 0 Å². The van der Waals surface area contributed by atoms with Gasteiger partial charge in [0.05, 0.1) is 6.61 Å². The largest absolute Gasteiger partial charge is 0.484 e. The van der Waals surface area contributed by atoms with Crippen LogP contribution in [0.15, 0.2) is 33.5 Å². The van der Waals surface area contributed by atoms with Gasteiger partial charge in [0, 0.05) is 37.7 Å². The van der Waals surface area contributed by atoms with E-state index in [1.54, 1.807) is 19.2 Å². The first-order chi connectivity index (χ1) is 12.6. The highest BCUT2D eigenvalue weighted by Gasteiger charge is 2.23. The van der Waals surface area contributed by atoms with Crippen molar-refractivity contribution in [2.45, 2.75) is 26.2 Å². The third-order valence-electron chi connectivity index (χ3n) is 4.82. The summed E-state index contributed by atoms with van der Waals surface area (Å²) in [6, 6.07) is 6.86. The second-order valence-corrected chi connectivity index (χ2v) is 6.69. The molecule has 1 aromatic carbocycles. The Morgan fingerprint density at radius 3 is 2.96 bits per heavy atom. The fourth-order valence-corrected chi connectivity index (χ4v) is 3.49. The second kappa shape index (κ2) is 8.36. The van der Waals surface area contributed by atoms with Gasteiger partial charge in [-0.2, -0.15) is 0 Å². The highest BCUT2D eigenvalue weighted by molar-refractivity contribution is 5.82. The van der Waals surface area contributed by atoms with Crippen molar-refractivity contribution in [2.24, 2.45) is 5.92 Å². The average Bonchev–Trinajstić information content (AvgIpc) is 2.65. The number of nitrogens with zero attached hydrogens (tertiary/aromatic N) is 1. The van der Waals surface area contributed by atoms with E-state index in [0.717, 1.165) is 36.8 Å². The van der Waals surface area contributed by atoms with Crippen molar-refractivity contribution in [1.29, 1.82) is 0 Å². The summed E-state index contributed by atoms with van der Waals surface area (Å²) in [5.74, 6) is 0.877. The molecule has 1 aromatic heterocycles. The Morgan fingerprint density at radius 1 is 1.35 bits per heavy atom. The maximum absolute atomic E-state index is 12.4. The van der Waals surface area contributed by atoms with Crippen molar-refractivity contribution in [1.82, 2.24) is 4.90 Å². The molecular weight excluding hydrogens is 334 g/mol. The molecule has 140 valence electrons. The van der Waals surface area contributed by atoms with Crippen molar-refractivity contribution < 1.29 is 18.7 Å². The van der Waals surface area contributed by atoms with E-state index in [1.165, 1.54) is 6.07 Å². The summed E-state index contributed by atoms with van der Waals surface area (Å²) in [5.41, 5.74) is 1.05. The van der Waals surface area contributed by atoms with Gasteiger partial charge in [0.15, 0.2) is 6.61 Å². The molecule has 2 heterocycles. The first-order valence-corrected chi connectivity index (χ1v) is 9.07. The Labute approximate surface area is 152 Å². The van der Waals surface area contributed by atoms with Crippen LogP contribution in [0.25, 0.3) is 11.0 Å². The summed E-state index contributed by atoms with van der Waals surface area (Å²) in [7, 11) is 1.69. The second-order valence-electron chi connectivity index (χ2n) is 6.69. The molecule has 1 atom stereocenters. The molecule has 3 rings (SSSR count). The van der Waals surface area contributed by atoms with E-state index < -0.39 is 0 Å². The van der Waals surface area contributed by atoms with Crippen molar-refractivity contribution in [2.75, 3.05) is 33.4 Å². The smallest absolute Gasteiger partial charge is 0.336 e. The summed E-state index contributed by atoms with van der Waals surface area (Å²) in [6.07, 6.45) is 2.82. The number of likely N-dealkylation sites (tertiary alicyclic amines) is 1. The molecule has 1 fully saturated rings. The van der Waals surface area contributed by atoms with Crippen molar-refractivity contribution >= 4 is 16.9 Å². The Balaban J connectivity index is 1.65. The number of benzene rings is 1. The zero-order valence-electron chi connectivity index (χ0n) is 15.3. The number of ether oxygens (including phenoxy) is 2. The van der Waals surface area contributed by atoms with Gasteiger partial charge in [0.1, 0.15) is 11.3 Å². The maximum atomic E-state index is 12.4. The molecule has 6 heteroatoms. The first-order valence-electron chi connectivity index (χ1n) is 9.07. The molecule has 1 aliphatic heterocycles. The van der Waals surface area contributed by atoms with E-state index in [0.29, 0.717) is 30.4 Å². The first kappa shape index (κ1) is 18.5. The van der Waals surface area contributed by atoms with Crippen LogP contribution in [0, 0.1) is 5.92 Å². The van der Waals surface area contributed by atoms with Gasteiger partial charge in [-0.25, -0.2) is 4.79 Å². The lowest BCUT2D eigenvalue weighted by atomic mass is 9.99. The highest BCUT2D eigenvalue weighted by Crippen LogP contribution is 2.23. The number of methoxy groups -OCH3 is 1. The molecule has 1 amide bonds. The average molecular weight is 359 g/mol. The van der Waals surface area contributed by atoms with Crippen LogP contribution in [0.1, 0.15) is 25.3 Å². The minimum atomic E-state index is -0.375. The molecule has 0 aliphatic carbocycles. The SMILES string of the molecule is CCc1cc(=O)oc2cc(OCC(=O)N3CCCC(COC)C3)ccc12. The molecule has 0 saturated carbocycles. The van der Waals surface area contributed by atoms with Gasteiger partial charge < -0.3 is 18.8 Å². The Kier molecular flexibility index (Phi) is 5.93. The topological polar surface area (TPSA) is 69.0 Å². The Bertz CT molecular complexity index is 827. The number of carbonyl (C=O) groups excluding carboxylic acids is 1. The van der Waals surface area contributed by atoms with Gasteiger partial charge in [0.2, 0.25) is 0 Å². The van der Waals surface area contributed by atoms with Crippen LogP contribution >= 0.6 is 0 Å². The number of rotatable bonds is 6. The van der Waals surface area contributed by atoms with Crippen molar-refractivity contribution in [3.63, 3.8) is 0 Å². The van der Waals surface area contributed by atoms with Crippen LogP contribution in [0.5, 0.6) is 5.75 Å². The van der Waals surface area contributed by atoms with Gasteiger partial charge >= 0.3 is 5.63 Å². The molecule has 6 nitrogen and oxygen atoms in total. The van der Waals surface area contributed by atoms with Gasteiger partial charge in [-0.15, -0.1) is 0 Å².